The van der Waals surface area contributed by atoms with Crippen molar-refractivity contribution in [1.82, 2.24) is 13.0 Å². The molecule has 1 unspecified atom stereocenters. The zero-order valence-corrected chi connectivity index (χ0v) is 20.9. The fourth-order valence-corrected chi connectivity index (χ4v) is 7.16. The van der Waals surface area contributed by atoms with E-state index in [0.29, 0.717) is 11.5 Å². The van der Waals surface area contributed by atoms with Crippen LogP contribution in [0.5, 0.6) is 23.0 Å². The number of fused-ring (bicyclic) bond motifs is 2. The second kappa shape index (κ2) is 9.27. The molecule has 1 atom stereocenters. The summed E-state index contributed by atoms with van der Waals surface area (Å²) in [5.74, 6) is 2.86. The van der Waals surface area contributed by atoms with Crippen molar-refractivity contribution in [3.8, 4) is 23.0 Å². The molecule has 6 rings (SSSR count). The summed E-state index contributed by atoms with van der Waals surface area (Å²) in [6.45, 7) is 2.08. The lowest BCUT2D eigenvalue weighted by molar-refractivity contribution is 0.411. The van der Waals surface area contributed by atoms with Gasteiger partial charge in [-0.2, -0.15) is 0 Å². The minimum Gasteiger partial charge on any atom is -0.449 e. The summed E-state index contributed by atoms with van der Waals surface area (Å²) in [4.78, 5) is 2.04. The van der Waals surface area contributed by atoms with Crippen molar-refractivity contribution in [1.29, 1.82) is 0 Å². The first-order valence-electron chi connectivity index (χ1n) is 10.7. The lowest BCUT2D eigenvalue weighted by Crippen LogP contribution is -2.06. The number of nitrogens with zero attached hydrogens (tertiary/aromatic N) is 3. The fraction of sp³-hybridized carbons (Fsp3) is 0.0400. The van der Waals surface area contributed by atoms with Gasteiger partial charge < -0.3 is 18.1 Å². The molecule has 1 aliphatic rings. The Hall–Kier alpha value is -3.11. The van der Waals surface area contributed by atoms with Gasteiger partial charge in [-0.3, -0.25) is 8.68 Å². The molecule has 0 saturated carbocycles. The third-order valence-corrected chi connectivity index (χ3v) is 9.35. The van der Waals surface area contributed by atoms with Crippen molar-refractivity contribution in [2.45, 2.75) is 9.79 Å². The molecule has 4 heterocycles. The minimum absolute atomic E-state index is 0.697. The lowest BCUT2D eigenvalue weighted by atomic mass is 10.3. The Morgan fingerprint density at radius 3 is 1.62 bits per heavy atom. The number of rotatable bonds is 7. The normalized spacial score (nSPS) is 13.1. The highest BCUT2D eigenvalue weighted by Gasteiger charge is 2.27. The van der Waals surface area contributed by atoms with Gasteiger partial charge in [0.1, 0.15) is 0 Å². The van der Waals surface area contributed by atoms with Gasteiger partial charge in [0, 0.05) is 43.8 Å². The summed E-state index contributed by atoms with van der Waals surface area (Å²) in [6, 6.07) is 24.1. The molecule has 9 heteroatoms. The molecule has 170 valence electrons. The Labute approximate surface area is 204 Å². The van der Waals surface area contributed by atoms with Crippen LogP contribution in [0.25, 0.3) is 0 Å². The summed E-state index contributed by atoms with van der Waals surface area (Å²) >= 11 is 1.67. The molecule has 0 amide bonds. The van der Waals surface area contributed by atoms with Crippen LogP contribution in [0.4, 0.5) is 0 Å². The van der Waals surface area contributed by atoms with Crippen LogP contribution >= 0.6 is 28.5 Å². The van der Waals surface area contributed by atoms with Crippen LogP contribution < -0.4 is 13.8 Å². The molecule has 5 aromatic rings. The van der Waals surface area contributed by atoms with Gasteiger partial charge in [0.2, 0.25) is 0 Å². The Kier molecular flexibility index (Phi) is 5.84. The van der Waals surface area contributed by atoms with Crippen molar-refractivity contribution >= 4 is 28.5 Å². The number of hydrogen-bond acceptors (Lipinski definition) is 4. The largest absolute Gasteiger partial charge is 0.449 e. The highest BCUT2D eigenvalue weighted by atomic mass is 32.2. The molecular weight excluding hydrogens is 484 g/mol. The van der Waals surface area contributed by atoms with E-state index < -0.39 is 16.7 Å². The van der Waals surface area contributed by atoms with E-state index in [1.807, 2.05) is 97.8 Å². The van der Waals surface area contributed by atoms with Crippen LogP contribution in [0.15, 0.2) is 120 Å². The van der Waals surface area contributed by atoms with Crippen LogP contribution in [0.1, 0.15) is 0 Å². The SMILES string of the molecule is CP(Oc1cccc2c1Oc1c(OP(n3cccc3)n3cccc3)cccc1S2)n1cccc1. The molecule has 34 heavy (non-hydrogen) atoms. The summed E-state index contributed by atoms with van der Waals surface area (Å²) < 4.78 is 25.7. The molecule has 0 spiro atoms. The second-order valence-electron chi connectivity index (χ2n) is 7.46. The maximum Gasteiger partial charge on any atom is 0.317 e. The summed E-state index contributed by atoms with van der Waals surface area (Å²) in [6.07, 6.45) is 12.1. The first-order chi connectivity index (χ1) is 16.8. The molecule has 1 aliphatic heterocycles. The lowest BCUT2D eigenvalue weighted by Gasteiger charge is -2.26. The van der Waals surface area contributed by atoms with E-state index in [2.05, 4.69) is 31.8 Å². The highest BCUT2D eigenvalue weighted by molar-refractivity contribution is 7.99. The average molecular weight is 505 g/mol. The van der Waals surface area contributed by atoms with Gasteiger partial charge in [0.25, 0.3) is 0 Å². The van der Waals surface area contributed by atoms with Crippen LogP contribution in [0.3, 0.4) is 0 Å². The first kappa shape index (κ1) is 21.4. The zero-order valence-electron chi connectivity index (χ0n) is 18.3. The molecule has 6 nitrogen and oxygen atoms in total. The Balaban J connectivity index is 1.33. The quantitative estimate of drug-likeness (QED) is 0.207. The van der Waals surface area contributed by atoms with Crippen molar-refractivity contribution in [3.05, 3.63) is 110 Å². The molecular formula is C25H21N3O3P2S. The van der Waals surface area contributed by atoms with Gasteiger partial charge in [0.15, 0.2) is 31.3 Å². The maximum atomic E-state index is 6.61. The van der Waals surface area contributed by atoms with E-state index in [9.17, 15) is 0 Å². The molecule has 0 saturated heterocycles. The van der Waals surface area contributed by atoms with Crippen LogP contribution in [0.2, 0.25) is 0 Å². The smallest absolute Gasteiger partial charge is 0.317 e. The Morgan fingerprint density at radius 2 is 1.09 bits per heavy atom. The van der Waals surface area contributed by atoms with Gasteiger partial charge in [-0.1, -0.05) is 23.9 Å². The third-order valence-electron chi connectivity index (χ3n) is 5.21. The number of hydrogen-bond donors (Lipinski definition) is 0. The maximum absolute atomic E-state index is 6.61. The summed E-state index contributed by atoms with van der Waals surface area (Å²) in [7, 11) is -2.05. The van der Waals surface area contributed by atoms with E-state index >= 15 is 0 Å². The topological polar surface area (TPSA) is 42.5 Å². The average Bonchev–Trinajstić information content (AvgIpc) is 3.65. The van der Waals surface area contributed by atoms with Gasteiger partial charge >= 0.3 is 8.45 Å². The monoisotopic (exact) mass is 505 g/mol. The molecule has 0 bridgehead atoms. The molecule has 0 fully saturated rings. The van der Waals surface area contributed by atoms with Gasteiger partial charge in [-0.25, -0.2) is 0 Å². The van der Waals surface area contributed by atoms with E-state index in [0.717, 1.165) is 21.3 Å². The minimum atomic E-state index is -1.17. The van der Waals surface area contributed by atoms with Crippen molar-refractivity contribution in [3.63, 3.8) is 0 Å². The summed E-state index contributed by atoms with van der Waals surface area (Å²) in [5.41, 5.74) is 0. The van der Waals surface area contributed by atoms with Gasteiger partial charge in [0.05, 0.1) is 9.79 Å². The molecule has 3 aromatic heterocycles. The van der Waals surface area contributed by atoms with Crippen molar-refractivity contribution in [2.24, 2.45) is 0 Å². The molecule has 2 aromatic carbocycles. The Bertz CT molecular complexity index is 1360. The van der Waals surface area contributed by atoms with Crippen LogP contribution in [-0.2, 0) is 0 Å². The van der Waals surface area contributed by atoms with E-state index in [4.69, 9.17) is 13.8 Å². The highest BCUT2D eigenvalue weighted by Crippen LogP contribution is 2.57. The van der Waals surface area contributed by atoms with Crippen molar-refractivity contribution in [2.75, 3.05) is 6.66 Å². The van der Waals surface area contributed by atoms with E-state index in [1.165, 1.54) is 0 Å². The van der Waals surface area contributed by atoms with Crippen molar-refractivity contribution < 1.29 is 13.8 Å². The molecule has 0 N–H and O–H groups in total. The standard InChI is InChI=1S/C25H21N3O3P2S/c1-32(26-14-2-3-15-26)30-20-10-8-12-22-24(20)29-25-21(11-9-13-23(25)34-22)31-33(27-16-4-5-17-27)28-18-6-7-19-28/h2-19H,1H3. The van der Waals surface area contributed by atoms with Gasteiger partial charge in [-0.15, -0.1) is 0 Å². The van der Waals surface area contributed by atoms with Crippen LogP contribution in [-0.4, -0.2) is 19.7 Å². The molecule has 0 radical (unpaired) electrons. The predicted molar refractivity (Wildman–Crippen MR) is 138 cm³/mol. The van der Waals surface area contributed by atoms with Crippen LogP contribution in [0, 0.1) is 0 Å². The summed E-state index contributed by atoms with van der Waals surface area (Å²) in [5, 5.41) is 0. The Morgan fingerprint density at radius 1 is 0.618 bits per heavy atom. The first-order valence-corrected chi connectivity index (χ1v) is 14.3. The van der Waals surface area contributed by atoms with E-state index in [1.54, 1.807) is 11.8 Å². The van der Waals surface area contributed by atoms with E-state index in [-0.39, 0.29) is 0 Å². The second-order valence-corrected chi connectivity index (χ2v) is 11.7. The number of para-hydroxylation sites is 2. The number of aromatic nitrogens is 3. The predicted octanol–water partition coefficient (Wildman–Crippen LogP) is 7.92. The molecule has 0 aliphatic carbocycles. The zero-order chi connectivity index (χ0) is 22.9. The van der Waals surface area contributed by atoms with Gasteiger partial charge in [-0.05, 0) is 60.7 Å². The third kappa shape index (κ3) is 4.12. The number of ether oxygens (including phenoxy) is 1. The fourth-order valence-electron chi connectivity index (χ4n) is 3.60. The number of benzene rings is 2.